The number of carboxylic acids is 1. The zero-order valence-corrected chi connectivity index (χ0v) is 10.4. The van der Waals surface area contributed by atoms with Crippen LogP contribution in [0.1, 0.15) is 13.3 Å². The van der Waals surface area contributed by atoms with Gasteiger partial charge in [0.1, 0.15) is 0 Å². The fourth-order valence-electron chi connectivity index (χ4n) is 1.12. The summed E-state index contributed by atoms with van der Waals surface area (Å²) < 4.78 is 4.81. The van der Waals surface area contributed by atoms with Gasteiger partial charge in [-0.15, -0.1) is 0 Å². The molecule has 0 aliphatic heterocycles. The summed E-state index contributed by atoms with van der Waals surface area (Å²) in [5.41, 5.74) is -1.45. The van der Waals surface area contributed by atoms with Crippen molar-refractivity contribution in [3.05, 3.63) is 0 Å². The molecule has 3 N–H and O–H groups in total. The van der Waals surface area contributed by atoms with E-state index in [2.05, 4.69) is 5.32 Å². The number of ether oxygens (including phenoxy) is 1. The molecule has 0 spiro atoms. The van der Waals surface area contributed by atoms with Crippen LogP contribution in [-0.4, -0.2) is 66.6 Å². The van der Waals surface area contributed by atoms with E-state index >= 15 is 0 Å². The molecule has 2 amide bonds. The van der Waals surface area contributed by atoms with Crippen molar-refractivity contribution < 1.29 is 24.5 Å². The van der Waals surface area contributed by atoms with Gasteiger partial charge in [-0.25, -0.2) is 4.79 Å². The summed E-state index contributed by atoms with van der Waals surface area (Å²) in [6, 6.07) is -0.382. The van der Waals surface area contributed by atoms with Gasteiger partial charge in [-0.1, -0.05) is 0 Å². The van der Waals surface area contributed by atoms with Crippen LogP contribution in [0.25, 0.3) is 0 Å². The van der Waals surface area contributed by atoms with Gasteiger partial charge < -0.3 is 25.2 Å². The van der Waals surface area contributed by atoms with Crippen LogP contribution >= 0.6 is 0 Å². The predicted molar refractivity (Wildman–Crippen MR) is 60.8 cm³/mol. The number of nitrogens with zero attached hydrogens (tertiary/aromatic N) is 1. The molecule has 0 saturated heterocycles. The molecule has 0 aromatic rings. The second-order valence-corrected chi connectivity index (χ2v) is 4.14. The maximum Gasteiger partial charge on any atom is 0.317 e. The first-order chi connectivity index (χ1) is 7.78. The van der Waals surface area contributed by atoms with Gasteiger partial charge in [0.05, 0.1) is 18.6 Å². The molecule has 7 heteroatoms. The molecule has 0 radical (unpaired) electrons. The van der Waals surface area contributed by atoms with Gasteiger partial charge >= 0.3 is 12.0 Å². The summed E-state index contributed by atoms with van der Waals surface area (Å²) >= 11 is 0. The Labute approximate surface area is 100 Å². The third-order valence-electron chi connectivity index (χ3n) is 2.13. The van der Waals surface area contributed by atoms with Crippen molar-refractivity contribution in [2.45, 2.75) is 18.9 Å². The van der Waals surface area contributed by atoms with Crippen LogP contribution < -0.4 is 5.32 Å². The summed E-state index contributed by atoms with van der Waals surface area (Å²) in [6.07, 6.45) is -0.422. The van der Waals surface area contributed by atoms with Crippen molar-refractivity contribution in [2.75, 3.05) is 33.9 Å². The number of hydrogen-bond donors (Lipinski definition) is 3. The lowest BCUT2D eigenvalue weighted by atomic mass is 10.0. The van der Waals surface area contributed by atoms with Crippen LogP contribution in [0.5, 0.6) is 0 Å². The van der Waals surface area contributed by atoms with Crippen molar-refractivity contribution in [1.29, 1.82) is 0 Å². The minimum absolute atomic E-state index is 0.116. The summed E-state index contributed by atoms with van der Waals surface area (Å²) in [4.78, 5) is 23.3. The number of likely N-dealkylation sites (N-methyl/N-ethyl adjacent to an activating group) is 1. The first-order valence-electron chi connectivity index (χ1n) is 5.20. The minimum Gasteiger partial charge on any atom is -0.481 e. The Morgan fingerprint density at radius 3 is 2.53 bits per heavy atom. The first kappa shape index (κ1) is 15.7. The van der Waals surface area contributed by atoms with Gasteiger partial charge in [0.25, 0.3) is 0 Å². The van der Waals surface area contributed by atoms with Crippen LogP contribution in [0.3, 0.4) is 0 Å². The highest BCUT2D eigenvalue weighted by molar-refractivity contribution is 5.74. The number of carboxylic acid groups (broad SMARTS) is 1. The molecule has 0 heterocycles. The number of urea groups is 1. The van der Waals surface area contributed by atoms with Crippen molar-refractivity contribution >= 4 is 12.0 Å². The largest absolute Gasteiger partial charge is 0.481 e. The highest BCUT2D eigenvalue weighted by Gasteiger charge is 2.25. The lowest BCUT2D eigenvalue weighted by Gasteiger charge is -2.24. The Morgan fingerprint density at radius 2 is 2.06 bits per heavy atom. The van der Waals surface area contributed by atoms with Crippen LogP contribution in [-0.2, 0) is 9.53 Å². The van der Waals surface area contributed by atoms with E-state index in [-0.39, 0.29) is 12.6 Å². The van der Waals surface area contributed by atoms with Crippen molar-refractivity contribution in [1.82, 2.24) is 10.2 Å². The molecule has 7 nitrogen and oxygen atoms in total. The van der Waals surface area contributed by atoms with Crippen LogP contribution in [0.4, 0.5) is 4.79 Å². The van der Waals surface area contributed by atoms with E-state index in [1.165, 1.54) is 18.9 Å². The Balaban J connectivity index is 4.01. The van der Waals surface area contributed by atoms with Gasteiger partial charge in [-0.05, 0) is 6.92 Å². The Morgan fingerprint density at radius 1 is 1.47 bits per heavy atom. The zero-order valence-electron chi connectivity index (χ0n) is 10.4. The molecule has 0 rings (SSSR count). The number of rotatable bonds is 7. The second-order valence-electron chi connectivity index (χ2n) is 4.14. The SMILES string of the molecule is COCCN(C)C(=O)NCC(C)(O)CC(=O)O. The smallest absolute Gasteiger partial charge is 0.317 e. The van der Waals surface area contributed by atoms with Crippen molar-refractivity contribution in [3.8, 4) is 0 Å². The lowest BCUT2D eigenvalue weighted by Crippen LogP contribution is -2.46. The standard InChI is InChI=1S/C10H20N2O5/c1-10(16,6-8(13)14)7-11-9(15)12(2)4-5-17-3/h16H,4-7H2,1-3H3,(H,11,15)(H,13,14). The van der Waals surface area contributed by atoms with E-state index < -0.39 is 18.0 Å². The van der Waals surface area contributed by atoms with Crippen LogP contribution in [0, 0.1) is 0 Å². The molecule has 0 aromatic heterocycles. The third kappa shape index (κ3) is 7.53. The summed E-state index contributed by atoms with van der Waals surface area (Å²) in [7, 11) is 3.11. The van der Waals surface area contributed by atoms with Crippen LogP contribution in [0.2, 0.25) is 0 Å². The second kappa shape index (κ2) is 7.08. The van der Waals surface area contributed by atoms with Gasteiger partial charge in [0.15, 0.2) is 0 Å². The average Bonchev–Trinajstić information content (AvgIpc) is 2.20. The normalized spacial score (nSPS) is 13.9. The van der Waals surface area contributed by atoms with E-state index in [0.29, 0.717) is 13.2 Å². The van der Waals surface area contributed by atoms with E-state index in [0.717, 1.165) is 0 Å². The molecule has 0 bridgehead atoms. The summed E-state index contributed by atoms with van der Waals surface area (Å²) in [6.45, 7) is 2.07. The quantitative estimate of drug-likeness (QED) is 0.564. The number of carbonyl (C=O) groups is 2. The number of nitrogens with one attached hydrogen (secondary N) is 1. The first-order valence-corrected chi connectivity index (χ1v) is 5.20. The molecule has 1 atom stereocenters. The van der Waals surface area contributed by atoms with Crippen molar-refractivity contribution in [2.24, 2.45) is 0 Å². The molecule has 17 heavy (non-hydrogen) atoms. The monoisotopic (exact) mass is 248 g/mol. The fourth-order valence-corrected chi connectivity index (χ4v) is 1.12. The maximum atomic E-state index is 11.5. The number of amides is 2. The fraction of sp³-hybridized carbons (Fsp3) is 0.800. The number of aliphatic hydroxyl groups is 1. The topological polar surface area (TPSA) is 99.1 Å². The van der Waals surface area contributed by atoms with Crippen molar-refractivity contribution in [3.63, 3.8) is 0 Å². The zero-order chi connectivity index (χ0) is 13.5. The molecule has 0 aliphatic rings. The molecule has 100 valence electrons. The Bertz CT molecular complexity index is 267. The lowest BCUT2D eigenvalue weighted by molar-refractivity contribution is -0.141. The molecule has 0 aliphatic carbocycles. The van der Waals surface area contributed by atoms with Gasteiger partial charge in [0, 0.05) is 27.2 Å². The van der Waals surface area contributed by atoms with E-state index in [9.17, 15) is 14.7 Å². The highest BCUT2D eigenvalue weighted by Crippen LogP contribution is 2.07. The third-order valence-corrected chi connectivity index (χ3v) is 2.13. The minimum atomic E-state index is -1.45. The van der Waals surface area contributed by atoms with Crippen LogP contribution in [0.15, 0.2) is 0 Å². The summed E-state index contributed by atoms with van der Waals surface area (Å²) in [5.74, 6) is -1.11. The number of hydrogen-bond acceptors (Lipinski definition) is 4. The molecule has 0 saturated carbocycles. The van der Waals surface area contributed by atoms with E-state index in [1.54, 1.807) is 7.05 Å². The molecular formula is C10H20N2O5. The molecule has 0 fully saturated rings. The Hall–Kier alpha value is -1.34. The number of carbonyl (C=O) groups excluding carboxylic acids is 1. The number of aliphatic carboxylic acids is 1. The van der Waals surface area contributed by atoms with E-state index in [4.69, 9.17) is 9.84 Å². The van der Waals surface area contributed by atoms with E-state index in [1.807, 2.05) is 0 Å². The van der Waals surface area contributed by atoms with Gasteiger partial charge in [-0.3, -0.25) is 4.79 Å². The molecule has 0 aromatic carbocycles. The average molecular weight is 248 g/mol. The highest BCUT2D eigenvalue weighted by atomic mass is 16.5. The Kier molecular flexibility index (Phi) is 6.52. The number of methoxy groups -OCH3 is 1. The maximum absolute atomic E-state index is 11.5. The molecular weight excluding hydrogens is 228 g/mol. The summed E-state index contributed by atoms with van der Waals surface area (Å²) in [5, 5.41) is 20.6. The van der Waals surface area contributed by atoms with Gasteiger partial charge in [0.2, 0.25) is 0 Å². The predicted octanol–water partition coefficient (Wildman–Crippen LogP) is -0.500. The van der Waals surface area contributed by atoms with Gasteiger partial charge in [-0.2, -0.15) is 0 Å². The molecule has 1 unspecified atom stereocenters.